The summed E-state index contributed by atoms with van der Waals surface area (Å²) >= 11 is 0. The number of aliphatic hydroxyl groups is 29. The van der Waals surface area contributed by atoms with Crippen LogP contribution in [0.3, 0.4) is 0 Å². The Morgan fingerprint density at radius 3 is 0.861 bits per heavy atom. The summed E-state index contributed by atoms with van der Waals surface area (Å²) in [5.74, 6) is -4.81. The Hall–Kier alpha value is -4.73. The molecule has 0 unspecified atom stereocenters. The van der Waals surface area contributed by atoms with Crippen molar-refractivity contribution in [2.45, 2.75) is 430 Å². The van der Waals surface area contributed by atoms with Crippen molar-refractivity contribution in [3.8, 4) is 0 Å². The summed E-state index contributed by atoms with van der Waals surface area (Å²) in [6.07, 6.45) is -114. The molecular weight excluding hydrogens is 1970 g/mol. The Bertz CT molecular complexity index is 4050. The highest BCUT2D eigenvalue weighted by molar-refractivity contribution is 5.75. The van der Waals surface area contributed by atoms with Gasteiger partial charge in [0.25, 0.3) is 0 Å². The van der Waals surface area contributed by atoms with E-state index in [9.17, 15) is 172 Å². The lowest BCUT2D eigenvalue weighted by Gasteiger charge is -2.51. The minimum absolute atomic E-state index is 0.875. The Morgan fingerprint density at radius 2 is 0.444 bits per heavy atom. The molecule has 12 aliphatic heterocycles. The maximum atomic E-state index is 13.5. The largest absolute Gasteiger partial charge is 0.394 e. The quantitative estimate of drug-likeness (QED) is 0.0280. The molecule has 62 nitrogen and oxygen atoms in total. The van der Waals surface area contributed by atoms with Gasteiger partial charge in [0, 0.05) is 34.6 Å². The number of amides is 5. The van der Waals surface area contributed by atoms with Gasteiger partial charge in [-0.3, -0.25) is 24.0 Å². The van der Waals surface area contributed by atoms with Crippen molar-refractivity contribution < 1.29 is 281 Å². The molecule has 12 fully saturated rings. The molecule has 12 heterocycles. The molecule has 0 aliphatic carbocycles. The third kappa shape index (κ3) is 26.1. The number of nitrogens with one attached hydrogen (secondary N) is 5. The molecule has 12 rings (SSSR count). The molecule has 0 aromatic carbocycles. The third-order valence-electron chi connectivity index (χ3n) is 26.9. The van der Waals surface area contributed by atoms with Crippen molar-refractivity contribution in [1.82, 2.24) is 26.6 Å². The fourth-order valence-electron chi connectivity index (χ4n) is 18.9. The van der Waals surface area contributed by atoms with Crippen molar-refractivity contribution in [2.24, 2.45) is 0 Å². The lowest BCUT2D eigenvalue weighted by molar-refractivity contribution is -0.399. The van der Waals surface area contributed by atoms with Crippen molar-refractivity contribution >= 4 is 29.5 Å². The average molecular weight is 2100 g/mol. The average Bonchev–Trinajstić information content (AvgIpc) is 0.758. The monoisotopic (exact) mass is 2100 g/mol. The normalized spacial score (nSPS) is 50.3. The number of hydrogen-bond acceptors (Lipinski definition) is 57. The van der Waals surface area contributed by atoms with Gasteiger partial charge in [0.15, 0.2) is 75.5 Å². The van der Waals surface area contributed by atoms with Crippen LogP contribution in [0.1, 0.15) is 62.3 Å². The molecule has 0 saturated carbocycles. The van der Waals surface area contributed by atoms with Crippen LogP contribution in [0, 0.1) is 0 Å². The van der Waals surface area contributed by atoms with Gasteiger partial charge in [-0.05, 0) is 27.7 Å². The van der Waals surface area contributed by atoms with Gasteiger partial charge in [-0.2, -0.15) is 0 Å². The topological polar surface area (TPSA) is 944 Å². The van der Waals surface area contributed by atoms with Crippen LogP contribution in [-0.4, -0.2) is 599 Å². The molecule has 144 heavy (non-hydrogen) atoms. The zero-order chi connectivity index (χ0) is 106. The standard InChI is InChI=1S/C82H137N5O57/c1-18-40(98)52(110)58(116)76(125-18)123-17-34-64(50(108)35(71(121)129-34)83-22(5)93)137-73-36(84-23(6)94)51(109)63(31(14-92)134-73)138-80-62(120)68(142-82-70(56(114)44(102)27(10-88)133-82)144-75-39(87-26(9)97)67(48(106)30(13-91)132-75)141-79-61(119)55(113)43(101)21(4)128-79)49(107)33(135-80)16-124-81-69(143-74-38(86-25(8)96)66(47(105)29(12-90)131-74)140-78-60(118)54(112)42(100)20(3)127-78)57(115)45(103)32(136-81)15-122-72-37(85-24(7)95)65(46(104)28(11-89)130-72)139-77-59(117)53(111)41(99)19(2)126-77/h18-21,27-82,88-92,98-121H,10-17H2,1-9H3,(H,83,93)(H,84,94)(H,85,95)(H,86,96)(H,87,97)/t18-,19-,20-,21-,27+,28+,29+,30+,31+,32+,33+,34+,35+,36+,37+,38+,39+,40+,41+,42+,43+,44+,45+,46+,47+,48+,49+,50+,51+,52+,53+,54+,55+,56-,57-,58-,59-,60-,61-,62-,63+,64+,65+,66+,67+,68-,69-,70-,71+,72+,73-,74-,75-,76+,77-,78-,79-,80-,81-,82+/m0/s1. The Morgan fingerprint density at radius 1 is 0.194 bits per heavy atom. The minimum atomic E-state index is -2.73. The van der Waals surface area contributed by atoms with E-state index >= 15 is 0 Å². The summed E-state index contributed by atoms with van der Waals surface area (Å²) < 4.78 is 140. The zero-order valence-corrected chi connectivity index (χ0v) is 78.7. The predicted molar refractivity (Wildman–Crippen MR) is 447 cm³/mol. The number of ether oxygens (including phenoxy) is 23. The lowest BCUT2D eigenvalue weighted by atomic mass is 9.93. The number of hydrogen-bond donors (Lipinski definition) is 34. The van der Waals surface area contributed by atoms with Gasteiger partial charge in [0.05, 0.1) is 77.3 Å². The zero-order valence-electron chi connectivity index (χ0n) is 78.7. The van der Waals surface area contributed by atoms with E-state index in [4.69, 9.17) is 109 Å². The Kier molecular flexibility index (Phi) is 41.7. The lowest BCUT2D eigenvalue weighted by Crippen LogP contribution is -2.71. The van der Waals surface area contributed by atoms with E-state index < -0.39 is 451 Å². The minimum Gasteiger partial charge on any atom is -0.394 e. The first-order valence-electron chi connectivity index (χ1n) is 46.6. The third-order valence-corrected chi connectivity index (χ3v) is 26.9. The first-order valence-corrected chi connectivity index (χ1v) is 46.6. The second-order valence-corrected chi connectivity index (χ2v) is 37.3. The van der Waals surface area contributed by atoms with Gasteiger partial charge >= 0.3 is 0 Å². The second-order valence-electron chi connectivity index (χ2n) is 37.3. The van der Waals surface area contributed by atoms with E-state index in [1.165, 1.54) is 27.7 Å². The summed E-state index contributed by atoms with van der Waals surface area (Å²) in [6.45, 7) is 0.290. The Labute approximate surface area is 817 Å². The van der Waals surface area contributed by atoms with Crippen molar-refractivity contribution in [3.05, 3.63) is 0 Å². The van der Waals surface area contributed by atoms with E-state index in [0.29, 0.717) is 0 Å². The first kappa shape index (κ1) is 118. The number of rotatable bonds is 35. The van der Waals surface area contributed by atoms with Gasteiger partial charge in [-0.1, -0.05) is 0 Å². The molecule has 0 aromatic heterocycles. The molecule has 0 bridgehead atoms. The summed E-state index contributed by atoms with van der Waals surface area (Å²) in [7, 11) is 0. The van der Waals surface area contributed by atoms with Gasteiger partial charge in [-0.15, -0.1) is 0 Å². The molecule has 12 aliphatic rings. The van der Waals surface area contributed by atoms with E-state index in [1.807, 2.05) is 0 Å². The summed E-state index contributed by atoms with van der Waals surface area (Å²) in [5.41, 5.74) is 0. The van der Waals surface area contributed by atoms with Crippen LogP contribution in [0.5, 0.6) is 0 Å². The summed E-state index contributed by atoms with van der Waals surface area (Å²) in [4.78, 5) is 66.0. The first-order chi connectivity index (χ1) is 67.9. The molecule has 60 atom stereocenters. The molecule has 62 heteroatoms. The van der Waals surface area contributed by atoms with Crippen LogP contribution < -0.4 is 26.6 Å². The molecule has 12 saturated heterocycles. The highest BCUT2D eigenvalue weighted by Gasteiger charge is 2.63. The summed E-state index contributed by atoms with van der Waals surface area (Å²) in [6, 6.07) is -9.70. The summed E-state index contributed by atoms with van der Waals surface area (Å²) in [5, 5.41) is 343. The second kappa shape index (κ2) is 50.9. The van der Waals surface area contributed by atoms with E-state index in [-0.39, 0.29) is 0 Å². The fourth-order valence-corrected chi connectivity index (χ4v) is 18.9. The maximum Gasteiger partial charge on any atom is 0.217 e. The number of carbonyl (C=O) groups is 5. The fraction of sp³-hybridized carbons (Fsp3) is 0.939. The molecule has 5 amide bonds. The van der Waals surface area contributed by atoms with Crippen LogP contribution >= 0.6 is 0 Å². The number of aliphatic hydroxyl groups excluding tert-OH is 29. The number of carbonyl (C=O) groups excluding carboxylic acids is 5. The van der Waals surface area contributed by atoms with Crippen LogP contribution in [-0.2, 0) is 133 Å². The van der Waals surface area contributed by atoms with E-state index in [0.717, 1.165) is 34.6 Å². The molecule has 832 valence electrons. The van der Waals surface area contributed by atoms with Gasteiger partial charge in [-0.25, -0.2) is 0 Å². The molecule has 34 N–H and O–H groups in total. The molecule has 0 aromatic rings. The highest BCUT2D eigenvalue weighted by atomic mass is 16.8. The predicted octanol–water partition coefficient (Wildman–Crippen LogP) is -22.3. The smallest absolute Gasteiger partial charge is 0.217 e. The van der Waals surface area contributed by atoms with Gasteiger partial charge < -0.3 is 284 Å². The van der Waals surface area contributed by atoms with Crippen LogP contribution in [0.25, 0.3) is 0 Å². The molecule has 0 spiro atoms. The van der Waals surface area contributed by atoms with Crippen LogP contribution in [0.2, 0.25) is 0 Å². The van der Waals surface area contributed by atoms with E-state index in [2.05, 4.69) is 26.6 Å². The molecular formula is C82H137N5O57. The Balaban J connectivity index is 0.930. The highest BCUT2D eigenvalue weighted by Crippen LogP contribution is 2.42. The van der Waals surface area contributed by atoms with Crippen LogP contribution in [0.4, 0.5) is 0 Å². The van der Waals surface area contributed by atoms with Crippen molar-refractivity contribution in [2.75, 3.05) is 52.9 Å². The van der Waals surface area contributed by atoms with Gasteiger partial charge in [0.2, 0.25) is 29.5 Å². The van der Waals surface area contributed by atoms with Gasteiger partial charge in [0.1, 0.15) is 268 Å². The van der Waals surface area contributed by atoms with Crippen molar-refractivity contribution in [3.63, 3.8) is 0 Å². The van der Waals surface area contributed by atoms with Crippen LogP contribution in [0.15, 0.2) is 0 Å². The SMILES string of the molecule is CC(=O)N[C@@H]1[C@@H](O)[C@H](O[C@@H]2O[C@H](CO)[C@@H](O[C@@H]3O[C@H](CO[C@H]4O[C@H](CO[C@@H]5O[C@H](CO)[C@@H](O)[C@H](O[C@@H]6O[C@@H](C)[C@@H](O)[C@@H](O)[C@@H]6O)[C@H]5NC(C)=O)[C@@H](O)[C@H](O)[C@@H]4O[C@@H]4O[C@H](CO)[C@@H](O)[C@H](O[C@@H]5O[C@@H](C)[C@@H](O)[C@@H](O)[C@@H]5O)[C@H]4NC(C)=O)[C@@H](O)[C@H](O[C@H]4O[C@H](CO)[C@@H](O)[C@H](O)[C@@H]4O[C@@H]4O[C@H](CO)[C@@H](O)[C@H](O[C@@H]5O[C@@H](C)[C@@H](O)[C@@H](O)[C@@H]5O)[C@H]4NC(C)=O)[C@@H]3O)[C@H](O)[C@H]2NC(C)=O)[C@@H](CO[C@@H]2O[C@@H](C)[C@@H](O)[C@@H](O)[C@@H]2O)O[C@H]1O. The molecule has 0 radical (unpaired) electrons. The van der Waals surface area contributed by atoms with E-state index in [1.54, 1.807) is 0 Å². The maximum absolute atomic E-state index is 13.5. The van der Waals surface area contributed by atoms with Crippen molar-refractivity contribution in [1.29, 1.82) is 0 Å².